The van der Waals surface area contributed by atoms with Crippen LogP contribution in [0, 0.1) is 0 Å². The fraction of sp³-hybridized carbons (Fsp3) is 0.235. The Balaban J connectivity index is 1.82. The monoisotopic (exact) mass is 308 g/mol. The van der Waals surface area contributed by atoms with Crippen molar-refractivity contribution in [3.05, 3.63) is 48.8 Å². The van der Waals surface area contributed by atoms with Crippen LogP contribution in [0.2, 0.25) is 0 Å². The molecule has 1 fully saturated rings. The highest BCUT2D eigenvalue weighted by molar-refractivity contribution is 6.19. The smallest absolute Gasteiger partial charge is 0.227 e. The van der Waals surface area contributed by atoms with Crippen LogP contribution in [0.25, 0.3) is 21.9 Å². The van der Waals surface area contributed by atoms with Gasteiger partial charge in [0.15, 0.2) is 0 Å². The molecule has 0 spiro atoms. The second-order valence-corrected chi connectivity index (χ2v) is 5.53. The number of carbonyl (C=O) groups excluding carboxylic acids is 1. The number of aromatic nitrogens is 2. The van der Waals surface area contributed by atoms with Crippen LogP contribution in [-0.2, 0) is 0 Å². The van der Waals surface area contributed by atoms with Gasteiger partial charge in [-0.1, -0.05) is 6.58 Å². The highest BCUT2D eigenvalue weighted by Gasteiger charge is 2.23. The SMILES string of the molecule is C=C(C(=O)c1ncnc2ccc3ccoc3c12)N1CCNCC1. The largest absolute Gasteiger partial charge is 0.464 e. The van der Waals surface area contributed by atoms with Crippen molar-refractivity contribution in [3.8, 4) is 0 Å². The zero-order valence-corrected chi connectivity index (χ0v) is 12.6. The lowest BCUT2D eigenvalue weighted by molar-refractivity contribution is 0.0983. The predicted octanol–water partition coefficient (Wildman–Crippen LogP) is 1.98. The topological polar surface area (TPSA) is 71.3 Å². The summed E-state index contributed by atoms with van der Waals surface area (Å²) >= 11 is 0. The molecule has 1 aromatic carbocycles. The summed E-state index contributed by atoms with van der Waals surface area (Å²) in [5, 5.41) is 4.84. The number of allylic oxidation sites excluding steroid dienone is 1. The quantitative estimate of drug-likeness (QED) is 0.589. The minimum absolute atomic E-state index is 0.178. The van der Waals surface area contributed by atoms with Gasteiger partial charge in [-0.15, -0.1) is 0 Å². The van der Waals surface area contributed by atoms with Crippen molar-refractivity contribution < 1.29 is 9.21 Å². The first kappa shape index (κ1) is 13.9. The van der Waals surface area contributed by atoms with Gasteiger partial charge in [0.05, 0.1) is 22.9 Å². The maximum absolute atomic E-state index is 12.9. The Morgan fingerprint density at radius 1 is 1.22 bits per heavy atom. The number of hydrogen-bond acceptors (Lipinski definition) is 6. The summed E-state index contributed by atoms with van der Waals surface area (Å²) < 4.78 is 5.56. The van der Waals surface area contributed by atoms with Crippen LogP contribution in [0.4, 0.5) is 0 Å². The van der Waals surface area contributed by atoms with Gasteiger partial charge in [0.25, 0.3) is 0 Å². The number of fused-ring (bicyclic) bond motifs is 3. The summed E-state index contributed by atoms with van der Waals surface area (Å²) in [6, 6.07) is 5.66. The van der Waals surface area contributed by atoms with Crippen LogP contribution in [0.5, 0.6) is 0 Å². The minimum Gasteiger partial charge on any atom is -0.464 e. The van der Waals surface area contributed by atoms with E-state index in [4.69, 9.17) is 4.42 Å². The molecule has 0 radical (unpaired) electrons. The zero-order valence-electron chi connectivity index (χ0n) is 12.6. The number of hydrogen-bond donors (Lipinski definition) is 1. The van der Waals surface area contributed by atoms with Crippen molar-refractivity contribution >= 4 is 27.7 Å². The van der Waals surface area contributed by atoms with Gasteiger partial charge in [-0.25, -0.2) is 9.97 Å². The lowest BCUT2D eigenvalue weighted by atomic mass is 10.1. The first-order chi connectivity index (χ1) is 11.3. The average Bonchev–Trinajstić information content (AvgIpc) is 3.09. The summed E-state index contributed by atoms with van der Waals surface area (Å²) in [5.41, 5.74) is 2.15. The van der Waals surface area contributed by atoms with E-state index in [1.165, 1.54) is 6.33 Å². The molecule has 1 aliphatic heterocycles. The van der Waals surface area contributed by atoms with E-state index in [9.17, 15) is 4.79 Å². The number of ketones is 1. The number of nitrogens with zero attached hydrogens (tertiary/aromatic N) is 3. The molecule has 0 atom stereocenters. The van der Waals surface area contributed by atoms with Gasteiger partial charge in [0.2, 0.25) is 5.78 Å². The number of Topliss-reactive ketones (excluding diaryl/α,β-unsaturated/α-hetero) is 1. The molecule has 0 saturated carbocycles. The van der Waals surface area contributed by atoms with Crippen LogP contribution in [0.1, 0.15) is 10.5 Å². The lowest BCUT2D eigenvalue weighted by Crippen LogP contribution is -2.44. The number of rotatable bonds is 3. The van der Waals surface area contributed by atoms with E-state index >= 15 is 0 Å². The Kier molecular flexibility index (Phi) is 3.31. The average molecular weight is 308 g/mol. The van der Waals surface area contributed by atoms with Gasteiger partial charge in [-0.3, -0.25) is 4.79 Å². The second-order valence-electron chi connectivity index (χ2n) is 5.53. The molecule has 0 unspecified atom stereocenters. The summed E-state index contributed by atoms with van der Waals surface area (Å²) in [6.07, 6.45) is 3.02. The maximum atomic E-state index is 12.9. The third-order valence-corrected chi connectivity index (χ3v) is 4.20. The minimum atomic E-state index is -0.178. The molecule has 3 heterocycles. The van der Waals surface area contributed by atoms with E-state index in [1.54, 1.807) is 6.26 Å². The maximum Gasteiger partial charge on any atom is 0.227 e. The highest BCUT2D eigenvalue weighted by atomic mass is 16.3. The van der Waals surface area contributed by atoms with Gasteiger partial charge in [0.1, 0.15) is 17.6 Å². The van der Waals surface area contributed by atoms with Crippen molar-refractivity contribution in [1.29, 1.82) is 0 Å². The number of piperazine rings is 1. The molecule has 6 heteroatoms. The molecular formula is C17H16N4O2. The number of benzene rings is 1. The number of furan rings is 1. The standard InChI is InChI=1S/C17H16N4O2/c1-11(21-7-5-18-6-8-21)16(22)15-14-13(19-10-20-15)3-2-12-4-9-23-17(12)14/h2-4,9-10,18H,1,5-8H2. The van der Waals surface area contributed by atoms with Crippen molar-refractivity contribution in [2.75, 3.05) is 26.2 Å². The predicted molar refractivity (Wildman–Crippen MR) is 87.2 cm³/mol. The first-order valence-corrected chi connectivity index (χ1v) is 7.56. The summed E-state index contributed by atoms with van der Waals surface area (Å²) in [4.78, 5) is 23.4. The Labute approximate surface area is 132 Å². The van der Waals surface area contributed by atoms with E-state index in [1.807, 2.05) is 23.1 Å². The molecule has 3 aromatic rings. The molecule has 1 saturated heterocycles. The van der Waals surface area contributed by atoms with E-state index in [2.05, 4.69) is 21.9 Å². The molecule has 1 aliphatic rings. The fourth-order valence-corrected chi connectivity index (χ4v) is 2.96. The fourth-order valence-electron chi connectivity index (χ4n) is 2.96. The molecule has 116 valence electrons. The first-order valence-electron chi connectivity index (χ1n) is 7.56. The van der Waals surface area contributed by atoms with E-state index < -0.39 is 0 Å². The van der Waals surface area contributed by atoms with Crippen molar-refractivity contribution in [1.82, 2.24) is 20.2 Å². The summed E-state index contributed by atoms with van der Waals surface area (Å²) in [6.45, 7) is 7.21. The molecule has 0 amide bonds. The summed E-state index contributed by atoms with van der Waals surface area (Å²) in [5.74, 6) is -0.178. The highest BCUT2D eigenvalue weighted by Crippen LogP contribution is 2.28. The second kappa shape index (κ2) is 5.48. The van der Waals surface area contributed by atoms with Crippen LogP contribution >= 0.6 is 0 Å². The van der Waals surface area contributed by atoms with Crippen LogP contribution in [-0.4, -0.2) is 46.8 Å². The number of carbonyl (C=O) groups is 1. The van der Waals surface area contributed by atoms with Crippen molar-refractivity contribution in [2.24, 2.45) is 0 Å². The summed E-state index contributed by atoms with van der Waals surface area (Å²) in [7, 11) is 0. The third-order valence-electron chi connectivity index (χ3n) is 4.20. The Hall–Kier alpha value is -2.73. The molecule has 1 N–H and O–H groups in total. The third kappa shape index (κ3) is 2.27. The Morgan fingerprint density at radius 2 is 2.04 bits per heavy atom. The van der Waals surface area contributed by atoms with Crippen molar-refractivity contribution in [2.45, 2.75) is 0 Å². The molecule has 2 aromatic heterocycles. The Bertz CT molecular complexity index is 909. The Morgan fingerprint density at radius 3 is 2.87 bits per heavy atom. The van der Waals surface area contributed by atoms with E-state index in [0.29, 0.717) is 27.9 Å². The van der Waals surface area contributed by atoms with Crippen molar-refractivity contribution in [3.63, 3.8) is 0 Å². The van der Waals surface area contributed by atoms with Crippen LogP contribution < -0.4 is 5.32 Å². The van der Waals surface area contributed by atoms with E-state index in [-0.39, 0.29) is 5.78 Å². The van der Waals surface area contributed by atoms with E-state index in [0.717, 1.165) is 31.6 Å². The normalized spacial score (nSPS) is 15.2. The van der Waals surface area contributed by atoms with Gasteiger partial charge in [-0.05, 0) is 18.2 Å². The molecule has 4 rings (SSSR count). The molecule has 6 nitrogen and oxygen atoms in total. The zero-order chi connectivity index (χ0) is 15.8. The molecule has 0 bridgehead atoms. The molecule has 23 heavy (non-hydrogen) atoms. The lowest BCUT2D eigenvalue weighted by Gasteiger charge is -2.30. The van der Waals surface area contributed by atoms with Gasteiger partial charge in [-0.2, -0.15) is 0 Å². The van der Waals surface area contributed by atoms with Gasteiger partial charge >= 0.3 is 0 Å². The molecular weight excluding hydrogens is 292 g/mol. The molecule has 0 aliphatic carbocycles. The van der Waals surface area contributed by atoms with Crippen LogP contribution in [0.3, 0.4) is 0 Å². The van der Waals surface area contributed by atoms with Crippen LogP contribution in [0.15, 0.2) is 47.5 Å². The van der Waals surface area contributed by atoms with Gasteiger partial charge in [0, 0.05) is 31.6 Å². The van der Waals surface area contributed by atoms with Gasteiger partial charge < -0.3 is 14.6 Å². The number of nitrogens with one attached hydrogen (secondary N) is 1.